The summed E-state index contributed by atoms with van der Waals surface area (Å²) in [4.78, 5) is 17.1. The molecule has 4 rings (SSSR count). The predicted molar refractivity (Wildman–Crippen MR) is 118 cm³/mol. The Bertz CT molecular complexity index is 993. The summed E-state index contributed by atoms with van der Waals surface area (Å²) < 4.78 is 7.81. The molecule has 0 aliphatic carbocycles. The molecular formula is C24H28N4O2. The van der Waals surface area contributed by atoms with Crippen molar-refractivity contribution in [3.05, 3.63) is 72.1 Å². The lowest BCUT2D eigenvalue weighted by Crippen LogP contribution is -2.52. The number of nitrogens with zero attached hydrogens (tertiary/aromatic N) is 4. The molecule has 1 atom stereocenters. The fourth-order valence-electron chi connectivity index (χ4n) is 4.07. The number of hydrogen-bond donors (Lipinski definition) is 0. The molecule has 1 aliphatic heterocycles. The van der Waals surface area contributed by atoms with Gasteiger partial charge in [-0.2, -0.15) is 5.10 Å². The van der Waals surface area contributed by atoms with Crippen molar-refractivity contribution in [3.63, 3.8) is 0 Å². The van der Waals surface area contributed by atoms with Gasteiger partial charge in [-0.15, -0.1) is 0 Å². The van der Waals surface area contributed by atoms with Gasteiger partial charge in [-0.1, -0.05) is 36.4 Å². The van der Waals surface area contributed by atoms with Crippen LogP contribution < -0.4 is 9.64 Å². The average Bonchev–Trinajstić information content (AvgIpc) is 3.08. The van der Waals surface area contributed by atoms with Crippen LogP contribution in [0.4, 0.5) is 5.69 Å². The van der Waals surface area contributed by atoms with Crippen LogP contribution in [0.3, 0.4) is 0 Å². The third kappa shape index (κ3) is 4.03. The fourth-order valence-corrected chi connectivity index (χ4v) is 4.07. The summed E-state index contributed by atoms with van der Waals surface area (Å²) in [5.74, 6) is 0.753. The Morgan fingerprint density at radius 2 is 1.53 bits per heavy atom. The topological polar surface area (TPSA) is 50.6 Å². The standard InChI is InChI=1S/C24H28N4O2/c1-18-23(19(2)28(25-18)21-10-6-4-7-11-21)26-14-16-27(17-15-26)24(29)20(3)30-22-12-8-5-9-13-22/h4-13,20H,14-17H2,1-3H3. The van der Waals surface area contributed by atoms with Gasteiger partial charge in [0.1, 0.15) is 5.75 Å². The molecule has 3 aromatic rings. The van der Waals surface area contributed by atoms with Crippen LogP contribution in [0.5, 0.6) is 5.75 Å². The van der Waals surface area contributed by atoms with Crippen LogP contribution >= 0.6 is 0 Å². The van der Waals surface area contributed by atoms with Crippen LogP contribution in [0.25, 0.3) is 5.69 Å². The highest BCUT2D eigenvalue weighted by molar-refractivity contribution is 5.81. The summed E-state index contributed by atoms with van der Waals surface area (Å²) in [5.41, 5.74) is 4.36. The number of anilines is 1. The number of benzene rings is 2. The Balaban J connectivity index is 1.41. The molecular weight excluding hydrogens is 376 g/mol. The summed E-state index contributed by atoms with van der Waals surface area (Å²) in [6, 6.07) is 19.7. The number of aryl methyl sites for hydroxylation is 1. The van der Waals surface area contributed by atoms with Crippen molar-refractivity contribution in [1.29, 1.82) is 0 Å². The first-order chi connectivity index (χ1) is 14.5. The maximum Gasteiger partial charge on any atom is 0.263 e. The highest BCUT2D eigenvalue weighted by atomic mass is 16.5. The second kappa shape index (κ2) is 8.61. The molecule has 0 saturated carbocycles. The molecule has 1 unspecified atom stereocenters. The molecule has 1 saturated heterocycles. The first-order valence-corrected chi connectivity index (χ1v) is 10.4. The fraction of sp³-hybridized carbons (Fsp3) is 0.333. The molecule has 2 aromatic carbocycles. The minimum atomic E-state index is -0.497. The molecule has 6 nitrogen and oxygen atoms in total. The minimum absolute atomic E-state index is 0.0342. The van der Waals surface area contributed by atoms with E-state index in [1.54, 1.807) is 0 Å². The van der Waals surface area contributed by atoms with Crippen LogP contribution in [0.15, 0.2) is 60.7 Å². The Morgan fingerprint density at radius 3 is 2.17 bits per heavy atom. The zero-order valence-electron chi connectivity index (χ0n) is 17.8. The van der Waals surface area contributed by atoms with Gasteiger partial charge in [0.05, 0.1) is 22.8 Å². The van der Waals surface area contributed by atoms with E-state index in [0.717, 1.165) is 35.9 Å². The quantitative estimate of drug-likeness (QED) is 0.652. The zero-order chi connectivity index (χ0) is 21.1. The van der Waals surface area contributed by atoms with Crippen molar-refractivity contribution < 1.29 is 9.53 Å². The number of ether oxygens (including phenoxy) is 1. The lowest BCUT2D eigenvalue weighted by molar-refractivity contribution is -0.138. The van der Waals surface area contributed by atoms with E-state index in [2.05, 4.69) is 30.9 Å². The lowest BCUT2D eigenvalue weighted by atomic mass is 10.2. The number of carbonyl (C=O) groups is 1. The summed E-state index contributed by atoms with van der Waals surface area (Å²) in [6.45, 7) is 8.90. The monoisotopic (exact) mass is 404 g/mol. The Hall–Kier alpha value is -3.28. The number of aromatic nitrogens is 2. The van der Waals surface area contributed by atoms with Gasteiger partial charge in [-0.05, 0) is 45.0 Å². The molecule has 0 bridgehead atoms. The third-order valence-corrected chi connectivity index (χ3v) is 5.57. The molecule has 2 heterocycles. The van der Waals surface area contributed by atoms with Crippen LogP contribution in [-0.4, -0.2) is 52.9 Å². The molecule has 1 fully saturated rings. The second-order valence-corrected chi connectivity index (χ2v) is 7.65. The van der Waals surface area contributed by atoms with Crippen LogP contribution in [0, 0.1) is 13.8 Å². The van der Waals surface area contributed by atoms with Crippen LogP contribution in [0.2, 0.25) is 0 Å². The molecule has 0 N–H and O–H groups in total. The first kappa shape index (κ1) is 20.0. The number of piperazine rings is 1. The Kier molecular flexibility index (Phi) is 5.74. The van der Waals surface area contributed by atoms with E-state index in [1.807, 2.05) is 65.0 Å². The van der Waals surface area contributed by atoms with Gasteiger partial charge >= 0.3 is 0 Å². The second-order valence-electron chi connectivity index (χ2n) is 7.65. The van der Waals surface area contributed by atoms with E-state index >= 15 is 0 Å². The molecule has 1 aromatic heterocycles. The van der Waals surface area contributed by atoms with Crippen molar-refractivity contribution in [2.24, 2.45) is 0 Å². The Morgan fingerprint density at radius 1 is 0.933 bits per heavy atom. The van der Waals surface area contributed by atoms with E-state index in [1.165, 1.54) is 5.69 Å². The lowest BCUT2D eigenvalue weighted by Gasteiger charge is -2.37. The van der Waals surface area contributed by atoms with Gasteiger partial charge in [-0.3, -0.25) is 4.79 Å². The van der Waals surface area contributed by atoms with Crippen LogP contribution in [0.1, 0.15) is 18.3 Å². The largest absolute Gasteiger partial charge is 0.481 e. The van der Waals surface area contributed by atoms with E-state index in [-0.39, 0.29) is 5.91 Å². The molecule has 1 amide bonds. The van der Waals surface area contributed by atoms with E-state index in [4.69, 9.17) is 9.84 Å². The average molecular weight is 405 g/mol. The summed E-state index contributed by atoms with van der Waals surface area (Å²) >= 11 is 0. The minimum Gasteiger partial charge on any atom is -0.481 e. The summed E-state index contributed by atoms with van der Waals surface area (Å²) in [6.07, 6.45) is -0.497. The summed E-state index contributed by atoms with van der Waals surface area (Å²) in [5, 5.41) is 4.76. The SMILES string of the molecule is Cc1nn(-c2ccccc2)c(C)c1N1CCN(C(=O)C(C)Oc2ccccc2)CC1. The van der Waals surface area contributed by atoms with Crippen molar-refractivity contribution in [2.75, 3.05) is 31.1 Å². The number of hydrogen-bond acceptors (Lipinski definition) is 4. The molecule has 30 heavy (non-hydrogen) atoms. The smallest absolute Gasteiger partial charge is 0.263 e. The van der Waals surface area contributed by atoms with Crippen molar-refractivity contribution in [1.82, 2.24) is 14.7 Å². The van der Waals surface area contributed by atoms with E-state index in [0.29, 0.717) is 13.1 Å². The van der Waals surface area contributed by atoms with Gasteiger partial charge in [-0.25, -0.2) is 4.68 Å². The molecule has 6 heteroatoms. The molecule has 0 radical (unpaired) electrons. The third-order valence-electron chi connectivity index (χ3n) is 5.57. The van der Waals surface area contributed by atoms with Crippen LogP contribution in [-0.2, 0) is 4.79 Å². The number of rotatable bonds is 5. The van der Waals surface area contributed by atoms with E-state index < -0.39 is 6.10 Å². The maximum absolute atomic E-state index is 12.8. The molecule has 1 aliphatic rings. The first-order valence-electron chi connectivity index (χ1n) is 10.4. The molecule has 0 spiro atoms. The van der Waals surface area contributed by atoms with Gasteiger partial charge in [0, 0.05) is 26.2 Å². The highest BCUT2D eigenvalue weighted by Gasteiger charge is 2.28. The van der Waals surface area contributed by atoms with E-state index in [9.17, 15) is 4.79 Å². The van der Waals surface area contributed by atoms with Crippen molar-refractivity contribution in [3.8, 4) is 11.4 Å². The normalized spacial score (nSPS) is 15.2. The number of para-hydroxylation sites is 2. The van der Waals surface area contributed by atoms with Crippen molar-refractivity contribution in [2.45, 2.75) is 26.9 Å². The summed E-state index contributed by atoms with van der Waals surface area (Å²) in [7, 11) is 0. The van der Waals surface area contributed by atoms with Gasteiger partial charge in [0.15, 0.2) is 6.10 Å². The number of amides is 1. The Labute approximate surface area is 177 Å². The maximum atomic E-state index is 12.8. The zero-order valence-corrected chi connectivity index (χ0v) is 17.8. The molecule has 156 valence electrons. The van der Waals surface area contributed by atoms with Gasteiger partial charge in [0.25, 0.3) is 5.91 Å². The predicted octanol–water partition coefficient (Wildman–Crippen LogP) is 3.61. The van der Waals surface area contributed by atoms with Gasteiger partial charge < -0.3 is 14.5 Å². The van der Waals surface area contributed by atoms with Crippen molar-refractivity contribution >= 4 is 11.6 Å². The van der Waals surface area contributed by atoms with Gasteiger partial charge in [0.2, 0.25) is 0 Å². The number of carbonyl (C=O) groups excluding carboxylic acids is 1. The highest BCUT2D eigenvalue weighted by Crippen LogP contribution is 2.28.